The summed E-state index contributed by atoms with van der Waals surface area (Å²) in [6.45, 7) is 0.551. The lowest BCUT2D eigenvalue weighted by atomic mass is 9.89. The first-order chi connectivity index (χ1) is 19.8. The molecular weight excluding hydrogens is 564 g/mol. The highest BCUT2D eigenvalue weighted by molar-refractivity contribution is 5.91. The van der Waals surface area contributed by atoms with E-state index in [1.807, 2.05) is 0 Å². The van der Waals surface area contributed by atoms with Crippen LogP contribution in [0.2, 0.25) is 0 Å². The second-order valence-electron chi connectivity index (χ2n) is 10.2. The molecule has 228 valence electrons. The van der Waals surface area contributed by atoms with E-state index >= 15 is 0 Å². The number of hydrogen-bond acceptors (Lipinski definition) is 15. The van der Waals surface area contributed by atoms with Crippen LogP contribution in [-0.2, 0) is 14.2 Å². The van der Waals surface area contributed by atoms with Crippen LogP contribution in [0.15, 0.2) is 39.5 Å². The molecule has 1 aromatic heterocycles. The smallest absolute Gasteiger partial charge is 0.238 e. The van der Waals surface area contributed by atoms with Gasteiger partial charge >= 0.3 is 0 Å². The van der Waals surface area contributed by atoms with Gasteiger partial charge < -0.3 is 69.7 Å². The number of hydrogen-bond donors (Lipinski definition) is 10. The molecule has 2 aliphatic heterocycles. The Balaban J connectivity index is 1.70. The fourth-order valence-electron chi connectivity index (χ4n) is 5.18. The lowest BCUT2D eigenvalue weighted by Crippen LogP contribution is -2.61. The fourth-order valence-corrected chi connectivity index (χ4v) is 5.18. The van der Waals surface area contributed by atoms with Crippen molar-refractivity contribution in [2.24, 2.45) is 0 Å². The molecule has 10 atom stereocenters. The molecule has 0 radical (unpaired) electrons. The number of aromatic hydroxyl groups is 4. The highest BCUT2D eigenvalue weighted by atomic mass is 16.7. The summed E-state index contributed by atoms with van der Waals surface area (Å²) in [5.41, 5.74) is -1.97. The van der Waals surface area contributed by atoms with Gasteiger partial charge in [-0.25, -0.2) is 0 Å². The number of rotatable bonds is 5. The number of ether oxygens (including phenoxy) is 3. The van der Waals surface area contributed by atoms with Gasteiger partial charge in [0.1, 0.15) is 71.5 Å². The minimum absolute atomic E-state index is 0.111. The maximum Gasteiger partial charge on any atom is 0.238 e. The summed E-state index contributed by atoms with van der Waals surface area (Å²) in [7, 11) is 0. The maximum atomic E-state index is 13.2. The number of phenolic OH excluding ortho intramolecular Hbond substituents is 3. The lowest BCUT2D eigenvalue weighted by Gasteiger charge is -2.46. The third-order valence-electron chi connectivity index (χ3n) is 7.52. The number of benzene rings is 2. The number of aliphatic hydroxyl groups excluding tert-OH is 6. The summed E-state index contributed by atoms with van der Waals surface area (Å²) in [5.74, 6) is -3.02. The van der Waals surface area contributed by atoms with E-state index in [0.29, 0.717) is 0 Å². The normalized spacial score (nSPS) is 33.6. The largest absolute Gasteiger partial charge is 0.508 e. The molecule has 2 aromatic carbocycles. The monoisotopic (exact) mass is 594 g/mol. The number of phenols is 3. The predicted octanol–water partition coefficient (Wildman–Crippen LogP) is -1.35. The Hall–Kier alpha value is -3.51. The van der Waals surface area contributed by atoms with Crippen LogP contribution in [0.1, 0.15) is 18.6 Å². The Labute approximate surface area is 236 Å². The molecule has 5 rings (SSSR count). The van der Waals surface area contributed by atoms with Crippen molar-refractivity contribution < 1.29 is 69.7 Å². The van der Waals surface area contributed by atoms with Gasteiger partial charge in [-0.05, 0) is 31.2 Å². The molecule has 0 saturated carbocycles. The Bertz CT molecular complexity index is 1500. The quantitative estimate of drug-likeness (QED) is 0.164. The van der Waals surface area contributed by atoms with Crippen molar-refractivity contribution in [3.8, 4) is 34.3 Å². The van der Waals surface area contributed by atoms with Gasteiger partial charge in [0.05, 0.1) is 18.3 Å². The molecule has 0 bridgehead atoms. The molecule has 15 nitrogen and oxygen atoms in total. The van der Waals surface area contributed by atoms with E-state index in [4.69, 9.17) is 18.6 Å². The Morgan fingerprint density at radius 2 is 1.50 bits per heavy atom. The first-order valence-corrected chi connectivity index (χ1v) is 12.9. The van der Waals surface area contributed by atoms with E-state index in [1.54, 1.807) is 0 Å². The van der Waals surface area contributed by atoms with E-state index in [9.17, 15) is 55.9 Å². The van der Waals surface area contributed by atoms with Crippen molar-refractivity contribution in [3.05, 3.63) is 46.1 Å². The van der Waals surface area contributed by atoms with Crippen LogP contribution in [0.25, 0.3) is 22.3 Å². The van der Waals surface area contributed by atoms with E-state index in [2.05, 4.69) is 0 Å². The van der Waals surface area contributed by atoms with Gasteiger partial charge in [-0.1, -0.05) is 0 Å². The lowest BCUT2D eigenvalue weighted by molar-refractivity contribution is -0.338. The summed E-state index contributed by atoms with van der Waals surface area (Å²) in [6.07, 6.45) is -16.5. The molecule has 0 aliphatic carbocycles. The number of aliphatic hydroxyl groups is 6. The second-order valence-corrected chi connectivity index (χ2v) is 10.2. The van der Waals surface area contributed by atoms with Crippen LogP contribution in [0.3, 0.4) is 0 Å². The minimum atomic E-state index is -1.90. The second kappa shape index (κ2) is 11.3. The van der Waals surface area contributed by atoms with Gasteiger partial charge in [0.2, 0.25) is 11.2 Å². The van der Waals surface area contributed by atoms with E-state index in [-0.39, 0.29) is 11.3 Å². The zero-order valence-electron chi connectivity index (χ0n) is 21.9. The van der Waals surface area contributed by atoms with Crippen LogP contribution in [-0.4, -0.2) is 113 Å². The van der Waals surface area contributed by atoms with Crippen LogP contribution >= 0.6 is 0 Å². The third-order valence-corrected chi connectivity index (χ3v) is 7.52. The first kappa shape index (κ1) is 30.0. The topological polar surface area (TPSA) is 260 Å². The molecule has 10 N–H and O–H groups in total. The van der Waals surface area contributed by atoms with Gasteiger partial charge in [-0.3, -0.25) is 4.79 Å². The standard InChI is InChI=1S/C27H30O15/c1-8-16(32)19(35)22(38)27(39-8)42-26-20(36)17(33)13(7-28)40-25(26)15-12(31)6-11(30)14-18(34)21(37)23(41-24(14)15)9-2-4-10(29)5-3-9/h2-6,8,13,16-17,19-20,22,25-33,35-38H,7H2,1H3. The van der Waals surface area contributed by atoms with Gasteiger partial charge in [0.15, 0.2) is 17.6 Å². The van der Waals surface area contributed by atoms with Crippen molar-refractivity contribution in [2.45, 2.75) is 68.1 Å². The number of fused-ring (bicyclic) bond motifs is 1. The molecule has 2 aliphatic rings. The molecule has 3 heterocycles. The van der Waals surface area contributed by atoms with Crippen LogP contribution in [0, 0.1) is 0 Å². The van der Waals surface area contributed by atoms with Crippen molar-refractivity contribution in [1.29, 1.82) is 0 Å². The summed E-state index contributed by atoms with van der Waals surface area (Å²) >= 11 is 0. The van der Waals surface area contributed by atoms with Crippen molar-refractivity contribution in [3.63, 3.8) is 0 Å². The summed E-state index contributed by atoms with van der Waals surface area (Å²) < 4.78 is 22.8. The Morgan fingerprint density at radius 1 is 0.833 bits per heavy atom. The Kier molecular flexibility index (Phi) is 8.06. The van der Waals surface area contributed by atoms with Gasteiger partial charge in [-0.15, -0.1) is 0 Å². The molecule has 2 saturated heterocycles. The van der Waals surface area contributed by atoms with Crippen LogP contribution < -0.4 is 5.43 Å². The average Bonchev–Trinajstić information content (AvgIpc) is 2.95. The molecule has 15 heteroatoms. The maximum absolute atomic E-state index is 13.2. The highest BCUT2D eigenvalue weighted by Crippen LogP contribution is 2.46. The summed E-state index contributed by atoms with van der Waals surface area (Å²) in [6, 6.07) is 5.87. The molecule has 2 fully saturated rings. The first-order valence-electron chi connectivity index (χ1n) is 12.9. The highest BCUT2D eigenvalue weighted by Gasteiger charge is 2.51. The summed E-state index contributed by atoms with van der Waals surface area (Å²) in [5, 5.41) is 103. The third kappa shape index (κ3) is 4.94. The van der Waals surface area contributed by atoms with Gasteiger partial charge in [0.25, 0.3) is 0 Å². The van der Waals surface area contributed by atoms with E-state index in [1.165, 1.54) is 31.2 Å². The fraction of sp³-hybridized carbons (Fsp3) is 0.444. The average molecular weight is 595 g/mol. The van der Waals surface area contributed by atoms with Gasteiger partial charge in [-0.2, -0.15) is 0 Å². The molecule has 3 aromatic rings. The Morgan fingerprint density at radius 3 is 2.14 bits per heavy atom. The molecule has 10 unspecified atom stereocenters. The SMILES string of the molecule is CC1OC(OC2C(c3c(O)cc(O)c4c(=O)c(O)c(-c5ccc(O)cc5)oc34)OC(CO)C(O)C2O)C(O)C(O)C1O. The zero-order valence-corrected chi connectivity index (χ0v) is 21.9. The van der Waals surface area contributed by atoms with E-state index in [0.717, 1.165) is 6.07 Å². The summed E-state index contributed by atoms with van der Waals surface area (Å²) in [4.78, 5) is 13.2. The van der Waals surface area contributed by atoms with E-state index < -0.39 is 113 Å². The molecule has 0 spiro atoms. The minimum Gasteiger partial charge on any atom is -0.508 e. The molecular formula is C27H30O15. The van der Waals surface area contributed by atoms with Crippen molar-refractivity contribution in [1.82, 2.24) is 0 Å². The molecule has 42 heavy (non-hydrogen) atoms. The predicted molar refractivity (Wildman–Crippen MR) is 139 cm³/mol. The van der Waals surface area contributed by atoms with Crippen LogP contribution in [0.4, 0.5) is 0 Å². The zero-order chi connectivity index (χ0) is 30.6. The van der Waals surface area contributed by atoms with Crippen molar-refractivity contribution in [2.75, 3.05) is 6.61 Å². The van der Waals surface area contributed by atoms with Crippen LogP contribution in [0.5, 0.6) is 23.0 Å². The van der Waals surface area contributed by atoms with Crippen molar-refractivity contribution >= 4 is 11.0 Å². The molecule has 0 amide bonds. The van der Waals surface area contributed by atoms with Gasteiger partial charge in [0, 0.05) is 11.6 Å².